The van der Waals surface area contributed by atoms with E-state index >= 15 is 0 Å². The van der Waals surface area contributed by atoms with Crippen molar-refractivity contribution < 1.29 is 8.78 Å². The summed E-state index contributed by atoms with van der Waals surface area (Å²) >= 11 is 2.94. The molecule has 0 heterocycles. The molecule has 0 bridgehead atoms. The summed E-state index contributed by atoms with van der Waals surface area (Å²) in [7, 11) is 0. The first-order chi connectivity index (χ1) is 7.45. The molecule has 0 aliphatic rings. The molecular weight excluding hydrogens is 276 g/mol. The third-order valence-corrected chi connectivity index (χ3v) is 3.40. The molecule has 1 aromatic carbocycles. The van der Waals surface area contributed by atoms with Gasteiger partial charge in [-0.25, -0.2) is 8.78 Å². The highest BCUT2D eigenvalue weighted by molar-refractivity contribution is 9.10. The second kappa shape index (κ2) is 5.73. The molecule has 0 aliphatic heterocycles. The highest BCUT2D eigenvalue weighted by Gasteiger charge is 2.16. The Balaban J connectivity index is 2.91. The number of rotatable bonds is 4. The van der Waals surface area contributed by atoms with E-state index in [1.165, 1.54) is 6.07 Å². The molecule has 90 valence electrons. The molecule has 1 nitrogen and oxygen atoms in total. The molecule has 0 amide bonds. The fraction of sp³-hybridized carbons (Fsp3) is 0.500. The van der Waals surface area contributed by atoms with E-state index in [1.807, 2.05) is 6.92 Å². The fourth-order valence-corrected chi connectivity index (χ4v) is 1.86. The minimum atomic E-state index is -0.476. The summed E-state index contributed by atoms with van der Waals surface area (Å²) in [6.45, 7) is 4.10. The quantitative estimate of drug-likeness (QED) is 0.828. The van der Waals surface area contributed by atoms with E-state index in [2.05, 4.69) is 22.9 Å². The van der Waals surface area contributed by atoms with Gasteiger partial charge in [-0.1, -0.05) is 20.3 Å². The van der Waals surface area contributed by atoms with Crippen molar-refractivity contribution in [2.45, 2.75) is 32.7 Å². The van der Waals surface area contributed by atoms with Crippen molar-refractivity contribution >= 4 is 15.9 Å². The SMILES string of the molecule is CCC(C)CC(N)c1cc(F)c(Br)cc1F. The van der Waals surface area contributed by atoms with Crippen LogP contribution in [0.15, 0.2) is 16.6 Å². The number of hydrogen-bond donors (Lipinski definition) is 1. The van der Waals surface area contributed by atoms with Crippen LogP contribution >= 0.6 is 15.9 Å². The molecule has 2 unspecified atom stereocenters. The zero-order chi connectivity index (χ0) is 12.3. The van der Waals surface area contributed by atoms with E-state index in [1.54, 1.807) is 0 Å². The predicted molar refractivity (Wildman–Crippen MR) is 65.1 cm³/mol. The van der Waals surface area contributed by atoms with Crippen LogP contribution < -0.4 is 5.73 Å². The molecule has 0 aliphatic carbocycles. The monoisotopic (exact) mass is 291 g/mol. The summed E-state index contributed by atoms with van der Waals surface area (Å²) in [5, 5.41) is 0. The second-order valence-electron chi connectivity index (χ2n) is 4.14. The summed E-state index contributed by atoms with van der Waals surface area (Å²) in [4.78, 5) is 0. The maximum Gasteiger partial charge on any atom is 0.137 e. The van der Waals surface area contributed by atoms with E-state index in [9.17, 15) is 8.78 Å². The van der Waals surface area contributed by atoms with Gasteiger partial charge < -0.3 is 5.73 Å². The van der Waals surface area contributed by atoms with Crippen molar-refractivity contribution in [2.24, 2.45) is 11.7 Å². The van der Waals surface area contributed by atoms with Crippen LogP contribution in [0.25, 0.3) is 0 Å². The summed E-state index contributed by atoms with van der Waals surface area (Å²) < 4.78 is 27.0. The van der Waals surface area contributed by atoms with Gasteiger partial charge in [0.05, 0.1) is 4.47 Å². The van der Waals surface area contributed by atoms with Crippen molar-refractivity contribution in [3.63, 3.8) is 0 Å². The van der Waals surface area contributed by atoms with Crippen molar-refractivity contribution in [3.05, 3.63) is 33.8 Å². The normalized spacial score (nSPS) is 14.9. The third kappa shape index (κ3) is 3.25. The van der Waals surface area contributed by atoms with Crippen LogP contribution in [-0.2, 0) is 0 Å². The van der Waals surface area contributed by atoms with Crippen LogP contribution in [0.3, 0.4) is 0 Å². The Labute approximate surface area is 103 Å². The highest BCUT2D eigenvalue weighted by Crippen LogP contribution is 2.27. The molecule has 0 radical (unpaired) electrons. The summed E-state index contributed by atoms with van der Waals surface area (Å²) in [6.07, 6.45) is 1.64. The minimum Gasteiger partial charge on any atom is -0.324 e. The molecule has 2 N–H and O–H groups in total. The fourth-order valence-electron chi connectivity index (χ4n) is 1.55. The van der Waals surface area contributed by atoms with Gasteiger partial charge in [-0.3, -0.25) is 0 Å². The smallest absolute Gasteiger partial charge is 0.137 e. The largest absolute Gasteiger partial charge is 0.324 e. The van der Waals surface area contributed by atoms with Gasteiger partial charge in [-0.2, -0.15) is 0 Å². The van der Waals surface area contributed by atoms with E-state index < -0.39 is 17.7 Å². The van der Waals surface area contributed by atoms with E-state index in [4.69, 9.17) is 5.73 Å². The summed E-state index contributed by atoms with van der Waals surface area (Å²) in [5.74, 6) is -0.527. The van der Waals surface area contributed by atoms with Crippen LogP contribution in [0.2, 0.25) is 0 Å². The zero-order valence-electron chi connectivity index (χ0n) is 9.43. The minimum absolute atomic E-state index is 0.129. The lowest BCUT2D eigenvalue weighted by Crippen LogP contribution is -2.15. The first-order valence-corrected chi connectivity index (χ1v) is 6.15. The van der Waals surface area contributed by atoms with Gasteiger partial charge in [0.25, 0.3) is 0 Å². The molecule has 1 aromatic rings. The van der Waals surface area contributed by atoms with Gasteiger partial charge in [0.15, 0.2) is 0 Å². The molecule has 0 aromatic heterocycles. The van der Waals surface area contributed by atoms with Crippen LogP contribution in [0.4, 0.5) is 8.78 Å². The Hall–Kier alpha value is -0.480. The van der Waals surface area contributed by atoms with Gasteiger partial charge in [0, 0.05) is 11.6 Å². The Morgan fingerprint density at radius 3 is 2.50 bits per heavy atom. The maximum absolute atomic E-state index is 13.6. The molecule has 0 spiro atoms. The number of halogens is 3. The zero-order valence-corrected chi connectivity index (χ0v) is 11.0. The van der Waals surface area contributed by atoms with Crippen molar-refractivity contribution in [2.75, 3.05) is 0 Å². The van der Waals surface area contributed by atoms with Crippen molar-refractivity contribution in [3.8, 4) is 0 Å². The lowest BCUT2D eigenvalue weighted by molar-refractivity contribution is 0.446. The standard InChI is InChI=1S/C12H16BrF2N/c1-3-7(2)4-12(16)8-5-11(15)9(13)6-10(8)14/h5-7,12H,3-4,16H2,1-2H3. The molecule has 16 heavy (non-hydrogen) atoms. The Kier molecular flexibility index (Phi) is 4.87. The molecule has 0 saturated heterocycles. The summed E-state index contributed by atoms with van der Waals surface area (Å²) in [5.41, 5.74) is 6.12. The molecule has 1 rings (SSSR count). The first-order valence-electron chi connectivity index (χ1n) is 5.35. The van der Waals surface area contributed by atoms with E-state index in [-0.39, 0.29) is 10.0 Å². The average Bonchev–Trinajstić information content (AvgIpc) is 2.23. The average molecular weight is 292 g/mol. The first kappa shape index (κ1) is 13.6. The molecule has 0 saturated carbocycles. The maximum atomic E-state index is 13.6. The highest BCUT2D eigenvalue weighted by atomic mass is 79.9. The van der Waals surface area contributed by atoms with Crippen molar-refractivity contribution in [1.82, 2.24) is 0 Å². The van der Waals surface area contributed by atoms with Crippen LogP contribution in [0.5, 0.6) is 0 Å². The molecule has 2 atom stereocenters. The number of hydrogen-bond acceptors (Lipinski definition) is 1. The third-order valence-electron chi connectivity index (χ3n) is 2.79. The van der Waals surface area contributed by atoms with Crippen LogP contribution in [0.1, 0.15) is 38.3 Å². The van der Waals surface area contributed by atoms with Crippen LogP contribution in [-0.4, -0.2) is 0 Å². The van der Waals surface area contributed by atoms with Crippen LogP contribution in [0, 0.1) is 17.6 Å². The van der Waals surface area contributed by atoms with Gasteiger partial charge in [-0.15, -0.1) is 0 Å². The Morgan fingerprint density at radius 2 is 1.94 bits per heavy atom. The lowest BCUT2D eigenvalue weighted by Gasteiger charge is -2.17. The number of nitrogens with two attached hydrogens (primary N) is 1. The van der Waals surface area contributed by atoms with Gasteiger partial charge >= 0.3 is 0 Å². The van der Waals surface area contributed by atoms with Gasteiger partial charge in [0.1, 0.15) is 11.6 Å². The van der Waals surface area contributed by atoms with E-state index in [0.29, 0.717) is 12.3 Å². The second-order valence-corrected chi connectivity index (χ2v) is 5.00. The predicted octanol–water partition coefficient (Wildman–Crippen LogP) is 4.16. The van der Waals surface area contributed by atoms with Gasteiger partial charge in [-0.05, 0) is 40.4 Å². The topological polar surface area (TPSA) is 26.0 Å². The lowest BCUT2D eigenvalue weighted by atomic mass is 9.94. The number of benzene rings is 1. The molecular formula is C12H16BrF2N. The summed E-state index contributed by atoms with van der Waals surface area (Å²) in [6, 6.07) is 1.85. The van der Waals surface area contributed by atoms with E-state index in [0.717, 1.165) is 12.5 Å². The molecule has 0 fully saturated rings. The Bertz CT molecular complexity index is 368. The Morgan fingerprint density at radius 1 is 1.31 bits per heavy atom. The van der Waals surface area contributed by atoms with Crippen molar-refractivity contribution in [1.29, 1.82) is 0 Å². The van der Waals surface area contributed by atoms with Gasteiger partial charge in [0.2, 0.25) is 0 Å². The molecule has 4 heteroatoms.